The number of hydrogen-bond acceptors (Lipinski definition) is 4. The molecular weight excluding hydrogens is 504 g/mol. The van der Waals surface area contributed by atoms with Crippen molar-refractivity contribution in [1.82, 2.24) is 20.0 Å². The van der Waals surface area contributed by atoms with Gasteiger partial charge in [-0.3, -0.25) is 10.2 Å². The molecule has 0 aliphatic carbocycles. The van der Waals surface area contributed by atoms with Crippen molar-refractivity contribution in [2.24, 2.45) is 0 Å². The fourth-order valence-electron chi connectivity index (χ4n) is 3.51. The Kier molecular flexibility index (Phi) is 8.63. The molecule has 0 spiro atoms. The van der Waals surface area contributed by atoms with Gasteiger partial charge in [-0.2, -0.15) is 18.3 Å². The van der Waals surface area contributed by atoms with Crippen LogP contribution in [0.2, 0.25) is 0 Å². The van der Waals surface area contributed by atoms with Crippen LogP contribution in [-0.4, -0.2) is 53.7 Å². The fourth-order valence-corrected chi connectivity index (χ4v) is 4.37. The number of carbonyl (C=O) groups excluding carboxylic acids is 1. The van der Waals surface area contributed by atoms with Crippen molar-refractivity contribution < 1.29 is 26.4 Å². The number of sulfonamides is 1. The van der Waals surface area contributed by atoms with Crippen molar-refractivity contribution >= 4 is 56.3 Å². The zero-order valence-electron chi connectivity index (χ0n) is 18.5. The van der Waals surface area contributed by atoms with Gasteiger partial charge in [-0.25, -0.2) is 13.1 Å². The Balaban J connectivity index is 0.00000361. The van der Waals surface area contributed by atoms with Crippen LogP contribution in [0.15, 0.2) is 77.7 Å². The zero-order valence-corrected chi connectivity index (χ0v) is 19.3. The number of nitrogens with zero attached hydrogens (tertiary/aromatic N) is 2. The SMILES string of the molecule is CCCC(=O)NNS(=O)(=O)c1ccc(-n2nc(C(F)(F)F)cc2-c2ccc3ccccc3c2)cc1.[NaH]. The average Bonchev–Trinajstić information content (AvgIpc) is 3.29. The first-order valence-electron chi connectivity index (χ1n) is 10.7. The van der Waals surface area contributed by atoms with E-state index < -0.39 is 27.8 Å². The van der Waals surface area contributed by atoms with Crippen molar-refractivity contribution in [3.63, 3.8) is 0 Å². The number of halogens is 3. The van der Waals surface area contributed by atoms with E-state index in [2.05, 4.69) is 10.5 Å². The monoisotopic (exact) mass is 526 g/mol. The molecule has 1 aromatic heterocycles. The first-order valence-corrected chi connectivity index (χ1v) is 12.1. The standard InChI is InChI=1S/C24H21F3N4O3S.Na.H/c1-2-5-23(32)28-30-35(33,34)20-12-10-19(11-13-20)31-21(15-22(29-31)24(25,26)27)18-9-8-16-6-3-4-7-17(16)14-18;;/h3-4,6-15,30H,2,5H2,1H3,(H,28,32);;. The van der Waals surface area contributed by atoms with Crippen LogP contribution < -0.4 is 10.3 Å². The minimum atomic E-state index is -4.67. The molecule has 7 nitrogen and oxygen atoms in total. The van der Waals surface area contributed by atoms with E-state index in [0.29, 0.717) is 12.0 Å². The number of alkyl halides is 3. The van der Waals surface area contributed by atoms with Gasteiger partial charge in [0.05, 0.1) is 16.3 Å². The molecule has 0 saturated carbocycles. The summed E-state index contributed by atoms with van der Waals surface area (Å²) in [5.74, 6) is -0.482. The number of fused-ring (bicyclic) bond motifs is 1. The predicted molar refractivity (Wildman–Crippen MR) is 132 cm³/mol. The maximum absolute atomic E-state index is 13.5. The number of benzene rings is 3. The molecule has 184 valence electrons. The number of rotatable bonds is 7. The fraction of sp³-hybridized carbons (Fsp3) is 0.167. The first kappa shape index (κ1) is 27.9. The van der Waals surface area contributed by atoms with Crippen LogP contribution in [0.4, 0.5) is 13.2 Å². The molecule has 0 bridgehead atoms. The van der Waals surface area contributed by atoms with Gasteiger partial charge < -0.3 is 0 Å². The van der Waals surface area contributed by atoms with E-state index in [1.54, 1.807) is 19.1 Å². The molecule has 3 aromatic carbocycles. The number of hydrogen-bond donors (Lipinski definition) is 2. The number of nitrogens with one attached hydrogen (secondary N) is 2. The Hall–Kier alpha value is -2.70. The molecule has 2 N–H and O–H groups in total. The normalized spacial score (nSPS) is 11.8. The van der Waals surface area contributed by atoms with Crippen LogP contribution in [0, 0.1) is 0 Å². The van der Waals surface area contributed by atoms with E-state index in [1.807, 2.05) is 35.2 Å². The minimum absolute atomic E-state index is 0. The summed E-state index contributed by atoms with van der Waals surface area (Å²) in [5, 5.41) is 5.54. The van der Waals surface area contributed by atoms with Gasteiger partial charge in [-0.05, 0) is 53.6 Å². The summed E-state index contributed by atoms with van der Waals surface area (Å²) in [5.41, 5.74) is 1.99. The van der Waals surface area contributed by atoms with Crippen molar-refractivity contribution in [3.8, 4) is 16.9 Å². The van der Waals surface area contributed by atoms with Gasteiger partial charge in [0.1, 0.15) is 0 Å². The van der Waals surface area contributed by atoms with Gasteiger partial charge >= 0.3 is 35.7 Å². The van der Waals surface area contributed by atoms with E-state index in [1.165, 1.54) is 24.3 Å². The summed E-state index contributed by atoms with van der Waals surface area (Å²) in [6.07, 6.45) is -3.97. The molecule has 0 aliphatic rings. The van der Waals surface area contributed by atoms with Gasteiger partial charge in [0.2, 0.25) is 5.91 Å². The van der Waals surface area contributed by atoms with E-state index in [9.17, 15) is 26.4 Å². The third-order valence-corrected chi connectivity index (χ3v) is 6.50. The van der Waals surface area contributed by atoms with E-state index in [4.69, 9.17) is 0 Å². The average molecular weight is 527 g/mol. The van der Waals surface area contributed by atoms with Crippen molar-refractivity contribution in [3.05, 3.63) is 78.5 Å². The molecule has 0 saturated heterocycles. The zero-order chi connectivity index (χ0) is 25.2. The first-order chi connectivity index (χ1) is 16.6. The second-order valence-corrected chi connectivity index (χ2v) is 9.47. The Morgan fingerprint density at radius 2 is 1.64 bits per heavy atom. The van der Waals surface area contributed by atoms with Gasteiger partial charge in [-0.15, -0.1) is 4.83 Å². The van der Waals surface area contributed by atoms with Crippen LogP contribution in [0.25, 0.3) is 27.7 Å². The molecule has 4 aromatic rings. The van der Waals surface area contributed by atoms with Crippen molar-refractivity contribution in [1.29, 1.82) is 0 Å². The molecule has 4 rings (SSSR count). The van der Waals surface area contributed by atoms with Gasteiger partial charge in [0.25, 0.3) is 10.0 Å². The number of aromatic nitrogens is 2. The molecule has 1 heterocycles. The topological polar surface area (TPSA) is 93.1 Å². The third-order valence-electron chi connectivity index (χ3n) is 5.24. The molecule has 36 heavy (non-hydrogen) atoms. The van der Waals surface area contributed by atoms with Gasteiger partial charge in [0, 0.05) is 12.0 Å². The Morgan fingerprint density at radius 3 is 2.28 bits per heavy atom. The van der Waals surface area contributed by atoms with Crippen LogP contribution in [0.3, 0.4) is 0 Å². The van der Waals surface area contributed by atoms with Crippen LogP contribution >= 0.6 is 0 Å². The van der Waals surface area contributed by atoms with E-state index in [-0.39, 0.29) is 52.3 Å². The summed E-state index contributed by atoms with van der Waals surface area (Å²) >= 11 is 0. The van der Waals surface area contributed by atoms with Crippen molar-refractivity contribution in [2.75, 3.05) is 0 Å². The summed E-state index contributed by atoms with van der Waals surface area (Å²) < 4.78 is 66.5. The summed E-state index contributed by atoms with van der Waals surface area (Å²) in [6.45, 7) is 1.78. The molecule has 0 atom stereocenters. The molecule has 0 aliphatic heterocycles. The second-order valence-electron chi connectivity index (χ2n) is 7.78. The summed E-state index contributed by atoms with van der Waals surface area (Å²) in [6, 6.07) is 18.8. The van der Waals surface area contributed by atoms with E-state index in [0.717, 1.165) is 21.5 Å². The maximum atomic E-state index is 13.5. The number of amides is 1. The molecule has 0 radical (unpaired) electrons. The van der Waals surface area contributed by atoms with E-state index >= 15 is 0 Å². The number of carbonyl (C=O) groups is 1. The summed E-state index contributed by atoms with van der Waals surface area (Å²) in [7, 11) is -4.07. The quantitative estimate of drug-likeness (QED) is 0.279. The van der Waals surface area contributed by atoms with Crippen LogP contribution in [-0.2, 0) is 21.0 Å². The van der Waals surface area contributed by atoms with Gasteiger partial charge in [-0.1, -0.05) is 43.3 Å². The molecule has 12 heteroatoms. The molecule has 0 unspecified atom stereocenters. The molecule has 1 amide bonds. The predicted octanol–water partition coefficient (Wildman–Crippen LogP) is 4.17. The Labute approximate surface area is 228 Å². The van der Waals surface area contributed by atoms with Crippen LogP contribution in [0.1, 0.15) is 25.5 Å². The third kappa shape index (κ3) is 6.16. The second kappa shape index (κ2) is 11.1. The van der Waals surface area contributed by atoms with Gasteiger partial charge in [0.15, 0.2) is 5.69 Å². The summed E-state index contributed by atoms with van der Waals surface area (Å²) in [4.78, 5) is 13.4. The Bertz CT molecular complexity index is 1490. The van der Waals surface area contributed by atoms with Crippen molar-refractivity contribution in [2.45, 2.75) is 30.8 Å². The van der Waals surface area contributed by atoms with Crippen LogP contribution in [0.5, 0.6) is 0 Å². The number of hydrazine groups is 1. The molecule has 0 fully saturated rings. The Morgan fingerprint density at radius 1 is 0.972 bits per heavy atom. The molecular formula is C24H22F3N4NaO3S.